The molecule has 0 radical (unpaired) electrons. The average molecular weight is 101 g/mol. The Kier molecular flexibility index (Phi) is 2880. The zero-order valence-electron chi connectivity index (χ0n) is 2.21. The second-order valence-electron chi connectivity index (χ2n) is 0. The third kappa shape index (κ3) is 18.7. The van der Waals surface area contributed by atoms with E-state index in [0.717, 1.165) is 0 Å². The topological polar surface area (TPSA) is 98.0 Å². The fraction of sp³-hybridized carbons (Fsp3) is 0. The van der Waals surface area contributed by atoms with Crippen LogP contribution in [0.3, 0.4) is 0 Å². The van der Waals surface area contributed by atoms with Crippen LogP contribution in [0.5, 0.6) is 0 Å². The van der Waals surface area contributed by atoms with Gasteiger partial charge in [0, 0.05) is 21.7 Å². The molecule has 0 aliphatic carbocycles. The Bertz CT molecular complexity index is 6.00. The van der Waals surface area contributed by atoms with Crippen molar-refractivity contribution in [3.8, 4) is 0 Å². The molecule has 3 nitrogen and oxygen atoms in total. The summed E-state index contributed by atoms with van der Waals surface area (Å²) in [6.07, 6.45) is 0. The van der Waals surface area contributed by atoms with E-state index in [1.807, 2.05) is 0 Å². The maximum atomic E-state index is 0. The molecule has 0 bridgehead atoms. The van der Waals surface area contributed by atoms with E-state index >= 15 is 0 Å². The molecule has 0 fully saturated rings. The molecule has 0 aromatic carbocycles. The summed E-state index contributed by atoms with van der Waals surface area (Å²) in [6.45, 7) is 0. The van der Waals surface area contributed by atoms with Gasteiger partial charge in [-0.15, -0.1) is 0 Å². The summed E-state index contributed by atoms with van der Waals surface area (Å²) in [7, 11) is 0. The molecule has 0 spiro atoms. The first-order chi connectivity index (χ1) is 0. The SMILES string of the molecule is N.O.O.[Ti]. The van der Waals surface area contributed by atoms with E-state index < -0.39 is 0 Å². The maximum Gasteiger partial charge on any atom is 0 e. The summed E-state index contributed by atoms with van der Waals surface area (Å²) >= 11 is 0. The summed E-state index contributed by atoms with van der Waals surface area (Å²) in [5.41, 5.74) is 0. The second-order valence-corrected chi connectivity index (χ2v) is 0. The van der Waals surface area contributed by atoms with Gasteiger partial charge in [0.15, 0.2) is 0 Å². The first-order valence-electron chi connectivity index (χ1n) is 0. The first-order valence-corrected chi connectivity index (χ1v) is 0. The van der Waals surface area contributed by atoms with Crippen molar-refractivity contribution in [2.45, 2.75) is 0 Å². The minimum Gasteiger partial charge on any atom is -0.412 e. The maximum absolute atomic E-state index is 0. The second kappa shape index (κ2) is 68.5. The largest absolute Gasteiger partial charge is 0.412 e. The summed E-state index contributed by atoms with van der Waals surface area (Å²) in [5, 5.41) is 0. The summed E-state index contributed by atoms with van der Waals surface area (Å²) in [5.74, 6) is 0. The van der Waals surface area contributed by atoms with E-state index in [1.165, 1.54) is 0 Å². The van der Waals surface area contributed by atoms with Crippen LogP contribution in [0.1, 0.15) is 0 Å². The summed E-state index contributed by atoms with van der Waals surface area (Å²) in [4.78, 5) is 0. The van der Waals surface area contributed by atoms with Gasteiger partial charge in [0.05, 0.1) is 0 Å². The molecule has 0 heterocycles. The average Bonchev–Trinajstić information content (AvgIpc) is 0. The Morgan fingerprint density at radius 2 is 0.750 bits per heavy atom. The number of hydrogen-bond acceptors (Lipinski definition) is 1. The quantitative estimate of drug-likeness (QED) is 0.369. The van der Waals surface area contributed by atoms with Crippen LogP contribution >= 0.6 is 0 Å². The van der Waals surface area contributed by atoms with Crippen molar-refractivity contribution in [3.05, 3.63) is 0 Å². The number of hydrogen-bond donors (Lipinski definition) is 1. The van der Waals surface area contributed by atoms with E-state index in [4.69, 9.17) is 0 Å². The zero-order chi connectivity index (χ0) is 0. The van der Waals surface area contributed by atoms with Crippen molar-refractivity contribution >= 4 is 0 Å². The Morgan fingerprint density at radius 3 is 0.750 bits per heavy atom. The van der Waals surface area contributed by atoms with Gasteiger partial charge in [0.25, 0.3) is 0 Å². The molecule has 0 saturated heterocycles. The molecule has 28 valence electrons. The molecule has 7 N–H and O–H groups in total. The molecule has 0 aliphatic rings. The Hall–Kier alpha value is 0.594. The standard InChI is InChI=1S/H3N.2H2O.Ti/h1H3;2*1H2;. The molecular formula is H7NO2Ti. The van der Waals surface area contributed by atoms with Gasteiger partial charge in [-0.2, -0.15) is 0 Å². The smallest absolute Gasteiger partial charge is 0 e. The van der Waals surface area contributed by atoms with Crippen LogP contribution in [0, 0.1) is 0 Å². The molecule has 0 unspecified atom stereocenters. The van der Waals surface area contributed by atoms with Gasteiger partial charge in [0.1, 0.15) is 0 Å². The molecule has 0 atom stereocenters. The molecule has 0 aliphatic heterocycles. The first kappa shape index (κ1) is 168. The molecule has 0 aromatic heterocycles. The summed E-state index contributed by atoms with van der Waals surface area (Å²) in [6, 6.07) is 0. The van der Waals surface area contributed by atoms with Crippen molar-refractivity contribution < 1.29 is 32.7 Å². The van der Waals surface area contributed by atoms with Crippen molar-refractivity contribution in [1.82, 2.24) is 6.15 Å². The van der Waals surface area contributed by atoms with E-state index in [1.54, 1.807) is 0 Å². The van der Waals surface area contributed by atoms with Crippen LogP contribution < -0.4 is 6.15 Å². The predicted molar refractivity (Wildman–Crippen MR) is 12.2 cm³/mol. The van der Waals surface area contributed by atoms with Crippen LogP contribution in [0.25, 0.3) is 0 Å². The third-order valence-electron chi connectivity index (χ3n) is 0. The van der Waals surface area contributed by atoms with Gasteiger partial charge in [0.2, 0.25) is 0 Å². The predicted octanol–water partition coefficient (Wildman–Crippen LogP) is -1.49. The summed E-state index contributed by atoms with van der Waals surface area (Å²) < 4.78 is 0. The van der Waals surface area contributed by atoms with Gasteiger partial charge >= 0.3 is 0 Å². The molecule has 0 aromatic rings. The van der Waals surface area contributed by atoms with Gasteiger partial charge in [-0.3, -0.25) is 0 Å². The van der Waals surface area contributed by atoms with E-state index in [0.29, 0.717) is 0 Å². The fourth-order valence-electron chi connectivity index (χ4n) is 0. The molecule has 0 amide bonds. The number of rotatable bonds is 0. The van der Waals surface area contributed by atoms with E-state index in [9.17, 15) is 0 Å². The molecule has 0 rings (SSSR count). The van der Waals surface area contributed by atoms with Crippen LogP contribution in [-0.4, -0.2) is 11.0 Å². The van der Waals surface area contributed by atoms with E-state index in [-0.39, 0.29) is 38.8 Å². The zero-order valence-corrected chi connectivity index (χ0v) is 3.77. The normalized spacial score (nSPS) is 0. The Labute approximate surface area is 39.5 Å². The molecule has 4 heavy (non-hydrogen) atoms. The van der Waals surface area contributed by atoms with Crippen LogP contribution in [0.2, 0.25) is 0 Å². The third-order valence-corrected chi connectivity index (χ3v) is 0. The van der Waals surface area contributed by atoms with Crippen molar-refractivity contribution in [2.24, 2.45) is 0 Å². The van der Waals surface area contributed by atoms with Crippen LogP contribution in [0.4, 0.5) is 0 Å². The van der Waals surface area contributed by atoms with Crippen LogP contribution in [0.15, 0.2) is 0 Å². The van der Waals surface area contributed by atoms with Gasteiger partial charge in [-0.05, 0) is 0 Å². The molecule has 0 saturated carbocycles. The molecule has 4 heteroatoms. The van der Waals surface area contributed by atoms with Crippen molar-refractivity contribution in [1.29, 1.82) is 0 Å². The van der Waals surface area contributed by atoms with E-state index in [2.05, 4.69) is 0 Å². The van der Waals surface area contributed by atoms with Gasteiger partial charge < -0.3 is 17.1 Å². The van der Waals surface area contributed by atoms with Crippen LogP contribution in [-0.2, 0) is 21.7 Å². The minimum absolute atomic E-state index is 0. The Morgan fingerprint density at radius 1 is 0.750 bits per heavy atom. The van der Waals surface area contributed by atoms with Crippen molar-refractivity contribution in [3.63, 3.8) is 0 Å². The minimum atomic E-state index is 0. The van der Waals surface area contributed by atoms with Gasteiger partial charge in [-0.25, -0.2) is 0 Å². The monoisotopic (exact) mass is 101 g/mol. The van der Waals surface area contributed by atoms with Gasteiger partial charge in [-0.1, -0.05) is 0 Å². The fourth-order valence-corrected chi connectivity index (χ4v) is 0. The van der Waals surface area contributed by atoms with Crippen molar-refractivity contribution in [2.75, 3.05) is 0 Å². The molecular weight excluding hydrogens is 93.9 g/mol. The Balaban J connectivity index is 0.